The number of β-amino-alcohol motifs (C(OH)–C–C–N with tert-alkyl or cyclic N) is 1. The minimum atomic E-state index is -0.734. The molecular weight excluding hydrogens is 234 g/mol. The van der Waals surface area contributed by atoms with E-state index >= 15 is 0 Å². The van der Waals surface area contributed by atoms with Gasteiger partial charge in [0.1, 0.15) is 17.1 Å². The molecule has 1 heterocycles. The maximum atomic E-state index is 12.1. The van der Waals surface area contributed by atoms with E-state index in [9.17, 15) is 20.1 Å². The monoisotopic (exact) mass is 249 g/mol. The van der Waals surface area contributed by atoms with Gasteiger partial charge in [0, 0.05) is 0 Å². The first-order valence-electron chi connectivity index (χ1n) is 6.03. The van der Waals surface area contributed by atoms with Gasteiger partial charge in [-0.05, 0) is 37.0 Å². The molecule has 2 fully saturated rings. The van der Waals surface area contributed by atoms with Gasteiger partial charge < -0.3 is 20.2 Å². The van der Waals surface area contributed by atoms with Crippen molar-refractivity contribution in [2.24, 2.45) is 5.92 Å². The van der Waals surface area contributed by atoms with Crippen LogP contribution in [0.2, 0.25) is 0 Å². The minimum Gasteiger partial charge on any atom is -0.508 e. The summed E-state index contributed by atoms with van der Waals surface area (Å²) in [4.78, 5) is 13.6. The van der Waals surface area contributed by atoms with Crippen molar-refractivity contribution in [1.29, 1.82) is 0 Å². The van der Waals surface area contributed by atoms with E-state index in [4.69, 9.17) is 0 Å². The Labute approximate surface area is 104 Å². The van der Waals surface area contributed by atoms with Crippen LogP contribution in [-0.2, 0) is 0 Å². The predicted molar refractivity (Wildman–Crippen MR) is 63.3 cm³/mol. The molecule has 5 heteroatoms. The van der Waals surface area contributed by atoms with E-state index in [1.54, 1.807) is 0 Å². The second kappa shape index (κ2) is 3.62. The maximum Gasteiger partial charge on any atom is 0.257 e. The summed E-state index contributed by atoms with van der Waals surface area (Å²) in [6.07, 6.45) is 2.05. The lowest BCUT2D eigenvalue weighted by molar-refractivity contribution is -0.0958. The van der Waals surface area contributed by atoms with Crippen LogP contribution in [-0.4, -0.2) is 44.8 Å². The zero-order valence-electron chi connectivity index (χ0n) is 9.83. The van der Waals surface area contributed by atoms with Crippen molar-refractivity contribution in [1.82, 2.24) is 4.90 Å². The molecule has 0 spiro atoms. The summed E-state index contributed by atoms with van der Waals surface area (Å²) < 4.78 is 0. The standard InChI is InChI=1S/C13H15NO4/c15-9-3-4-11(16)10(5-9)12(17)14-6-13(18,7-14)8-1-2-8/h3-5,8,15-16,18H,1-2,6-7H2. The van der Waals surface area contributed by atoms with Gasteiger partial charge in [-0.25, -0.2) is 0 Å². The Morgan fingerprint density at radius 3 is 2.56 bits per heavy atom. The number of phenolic OH excluding ortho intramolecular Hbond substituents is 2. The highest BCUT2D eigenvalue weighted by atomic mass is 16.3. The fraction of sp³-hybridized carbons (Fsp3) is 0.462. The molecular formula is C13H15NO4. The molecule has 0 bridgehead atoms. The molecule has 1 aromatic rings. The molecule has 18 heavy (non-hydrogen) atoms. The average molecular weight is 249 g/mol. The molecule has 1 aliphatic heterocycles. The lowest BCUT2D eigenvalue weighted by atomic mass is 9.88. The number of nitrogens with zero attached hydrogens (tertiary/aromatic N) is 1. The first kappa shape index (κ1) is 11.3. The van der Waals surface area contributed by atoms with Crippen LogP contribution in [0.5, 0.6) is 11.5 Å². The fourth-order valence-electron chi connectivity index (χ4n) is 2.50. The predicted octanol–water partition coefficient (Wildman–Crippen LogP) is 0.695. The number of carbonyl (C=O) groups excluding carboxylic acids is 1. The lowest BCUT2D eigenvalue weighted by Gasteiger charge is -2.47. The topological polar surface area (TPSA) is 81.0 Å². The van der Waals surface area contributed by atoms with Gasteiger partial charge >= 0.3 is 0 Å². The highest BCUT2D eigenvalue weighted by Crippen LogP contribution is 2.45. The number of hydrogen-bond acceptors (Lipinski definition) is 4. The molecule has 2 aliphatic rings. The van der Waals surface area contributed by atoms with Crippen molar-refractivity contribution < 1.29 is 20.1 Å². The molecule has 96 valence electrons. The van der Waals surface area contributed by atoms with E-state index in [0.717, 1.165) is 12.8 Å². The third-order valence-electron chi connectivity index (χ3n) is 3.76. The molecule has 1 saturated heterocycles. The van der Waals surface area contributed by atoms with Crippen LogP contribution >= 0.6 is 0 Å². The number of amides is 1. The fourth-order valence-corrected chi connectivity index (χ4v) is 2.50. The van der Waals surface area contributed by atoms with Gasteiger partial charge in [0.05, 0.1) is 18.7 Å². The molecule has 0 unspecified atom stereocenters. The number of aromatic hydroxyl groups is 2. The van der Waals surface area contributed by atoms with Gasteiger partial charge in [0.25, 0.3) is 5.91 Å². The smallest absolute Gasteiger partial charge is 0.257 e. The van der Waals surface area contributed by atoms with E-state index in [1.807, 2.05) is 0 Å². The van der Waals surface area contributed by atoms with Crippen LogP contribution in [0.25, 0.3) is 0 Å². The summed E-state index contributed by atoms with van der Waals surface area (Å²) in [6, 6.07) is 3.85. The number of hydrogen-bond donors (Lipinski definition) is 3. The molecule has 1 aromatic carbocycles. The highest BCUT2D eigenvalue weighted by molar-refractivity contribution is 5.97. The maximum absolute atomic E-state index is 12.1. The lowest BCUT2D eigenvalue weighted by Crippen LogP contribution is -2.64. The summed E-state index contributed by atoms with van der Waals surface area (Å²) in [7, 11) is 0. The van der Waals surface area contributed by atoms with E-state index in [0.29, 0.717) is 19.0 Å². The van der Waals surface area contributed by atoms with Gasteiger partial charge in [0.15, 0.2) is 0 Å². The van der Waals surface area contributed by atoms with Crippen LogP contribution in [0.15, 0.2) is 18.2 Å². The van der Waals surface area contributed by atoms with Crippen molar-refractivity contribution in [3.63, 3.8) is 0 Å². The van der Waals surface area contributed by atoms with Crippen molar-refractivity contribution in [3.05, 3.63) is 23.8 Å². The summed E-state index contributed by atoms with van der Waals surface area (Å²) >= 11 is 0. The molecule has 3 N–H and O–H groups in total. The van der Waals surface area contributed by atoms with Crippen molar-refractivity contribution in [2.75, 3.05) is 13.1 Å². The minimum absolute atomic E-state index is 0.0610. The van der Waals surface area contributed by atoms with Crippen LogP contribution < -0.4 is 0 Å². The SMILES string of the molecule is O=C(c1cc(O)ccc1O)N1CC(O)(C2CC2)C1. The van der Waals surface area contributed by atoms with E-state index in [2.05, 4.69) is 0 Å². The Kier molecular flexibility index (Phi) is 2.28. The normalized spacial score (nSPS) is 21.5. The van der Waals surface area contributed by atoms with E-state index in [-0.39, 0.29) is 23.0 Å². The number of phenols is 2. The molecule has 3 rings (SSSR count). The Balaban J connectivity index is 1.74. The summed E-state index contributed by atoms with van der Waals surface area (Å²) in [5.41, 5.74) is -0.657. The first-order valence-corrected chi connectivity index (χ1v) is 6.03. The van der Waals surface area contributed by atoms with E-state index < -0.39 is 5.60 Å². The quantitative estimate of drug-likeness (QED) is 0.674. The van der Waals surface area contributed by atoms with Crippen molar-refractivity contribution in [3.8, 4) is 11.5 Å². The van der Waals surface area contributed by atoms with Crippen LogP contribution in [0.4, 0.5) is 0 Å². The zero-order chi connectivity index (χ0) is 12.9. The summed E-state index contributed by atoms with van der Waals surface area (Å²) in [6.45, 7) is 0.622. The third kappa shape index (κ3) is 1.71. The number of likely N-dealkylation sites (tertiary alicyclic amines) is 1. The number of aliphatic hydroxyl groups is 1. The summed E-state index contributed by atoms with van der Waals surface area (Å²) in [5, 5.41) is 29.1. The molecule has 0 aromatic heterocycles. The number of carbonyl (C=O) groups is 1. The number of rotatable bonds is 2. The average Bonchev–Trinajstić information content (AvgIpc) is 3.11. The van der Waals surface area contributed by atoms with E-state index in [1.165, 1.54) is 23.1 Å². The first-order chi connectivity index (χ1) is 8.49. The molecule has 5 nitrogen and oxygen atoms in total. The van der Waals surface area contributed by atoms with Gasteiger partial charge in [-0.2, -0.15) is 0 Å². The van der Waals surface area contributed by atoms with Crippen LogP contribution in [0, 0.1) is 5.92 Å². The second-order valence-corrected chi connectivity index (χ2v) is 5.24. The second-order valence-electron chi connectivity index (χ2n) is 5.24. The van der Waals surface area contributed by atoms with Crippen LogP contribution in [0.1, 0.15) is 23.2 Å². The van der Waals surface area contributed by atoms with Gasteiger partial charge in [-0.1, -0.05) is 0 Å². The van der Waals surface area contributed by atoms with Gasteiger partial charge in [0.2, 0.25) is 0 Å². The van der Waals surface area contributed by atoms with Crippen molar-refractivity contribution in [2.45, 2.75) is 18.4 Å². The Bertz CT molecular complexity index is 504. The Morgan fingerprint density at radius 2 is 1.94 bits per heavy atom. The Morgan fingerprint density at radius 1 is 1.28 bits per heavy atom. The van der Waals surface area contributed by atoms with Crippen LogP contribution in [0.3, 0.4) is 0 Å². The molecule has 0 radical (unpaired) electrons. The molecule has 0 atom stereocenters. The van der Waals surface area contributed by atoms with Crippen molar-refractivity contribution >= 4 is 5.91 Å². The van der Waals surface area contributed by atoms with Gasteiger partial charge in [-0.15, -0.1) is 0 Å². The Hall–Kier alpha value is -1.75. The summed E-state index contributed by atoms with van der Waals surface area (Å²) in [5.74, 6) is -0.248. The molecule has 1 saturated carbocycles. The third-order valence-corrected chi connectivity index (χ3v) is 3.76. The molecule has 1 aliphatic carbocycles. The largest absolute Gasteiger partial charge is 0.508 e. The number of benzene rings is 1. The highest BCUT2D eigenvalue weighted by Gasteiger charge is 2.53. The zero-order valence-corrected chi connectivity index (χ0v) is 9.83. The molecule has 1 amide bonds. The van der Waals surface area contributed by atoms with Gasteiger partial charge in [-0.3, -0.25) is 4.79 Å².